The third-order valence-corrected chi connectivity index (χ3v) is 5.24. The van der Waals surface area contributed by atoms with E-state index in [0.717, 1.165) is 22.5 Å². The van der Waals surface area contributed by atoms with Gasteiger partial charge in [0, 0.05) is 25.3 Å². The predicted octanol–water partition coefficient (Wildman–Crippen LogP) is 4.17. The molecule has 0 radical (unpaired) electrons. The van der Waals surface area contributed by atoms with Crippen LogP contribution in [0, 0.1) is 6.92 Å². The molecule has 0 bridgehead atoms. The van der Waals surface area contributed by atoms with Crippen LogP contribution in [0.15, 0.2) is 83.5 Å². The van der Waals surface area contributed by atoms with Crippen LogP contribution in [0.4, 0.5) is 5.82 Å². The van der Waals surface area contributed by atoms with Crippen LogP contribution in [-0.2, 0) is 9.53 Å². The Hall–Kier alpha value is -4.17. The lowest BCUT2D eigenvalue weighted by molar-refractivity contribution is -0.117. The molecule has 34 heavy (non-hydrogen) atoms. The first-order valence-electron chi connectivity index (χ1n) is 10.9. The monoisotopic (exact) mass is 458 g/mol. The van der Waals surface area contributed by atoms with E-state index in [1.54, 1.807) is 23.9 Å². The molecule has 1 N–H and O–H groups in total. The molecule has 4 aromatic rings. The summed E-state index contributed by atoms with van der Waals surface area (Å²) < 4.78 is 12.0. The van der Waals surface area contributed by atoms with Gasteiger partial charge in [-0.05, 0) is 31.2 Å². The molecule has 0 saturated heterocycles. The molecule has 0 fully saturated rings. The zero-order chi connectivity index (χ0) is 23.9. The predicted molar refractivity (Wildman–Crippen MR) is 129 cm³/mol. The van der Waals surface area contributed by atoms with Crippen molar-refractivity contribution in [2.24, 2.45) is 0 Å². The van der Waals surface area contributed by atoms with Crippen molar-refractivity contribution in [1.82, 2.24) is 14.7 Å². The van der Waals surface area contributed by atoms with E-state index in [0.29, 0.717) is 12.4 Å². The highest BCUT2D eigenvalue weighted by atomic mass is 16.5. The van der Waals surface area contributed by atoms with Crippen LogP contribution in [-0.4, -0.2) is 53.3 Å². The van der Waals surface area contributed by atoms with Gasteiger partial charge in [0.1, 0.15) is 12.4 Å². The molecule has 0 atom stereocenters. The number of aromatic nitrogens is 2. The van der Waals surface area contributed by atoms with Crippen LogP contribution in [0.1, 0.15) is 16.1 Å². The number of methoxy groups -OCH3 is 1. The first kappa shape index (κ1) is 23.0. The number of hydrogen-bond donors (Lipinski definition) is 1. The number of nitrogens with one attached hydrogen (secondary N) is 1. The molecule has 0 aliphatic heterocycles. The van der Waals surface area contributed by atoms with Gasteiger partial charge in [-0.3, -0.25) is 9.59 Å². The Morgan fingerprint density at radius 1 is 1.06 bits per heavy atom. The average Bonchev–Trinajstić information content (AvgIpc) is 3.53. The van der Waals surface area contributed by atoms with Crippen LogP contribution < -0.4 is 5.32 Å². The van der Waals surface area contributed by atoms with Crippen LogP contribution in [0.3, 0.4) is 0 Å². The smallest absolute Gasteiger partial charge is 0.290 e. The highest BCUT2D eigenvalue weighted by Crippen LogP contribution is 2.25. The van der Waals surface area contributed by atoms with Gasteiger partial charge in [-0.1, -0.05) is 48.0 Å². The zero-order valence-electron chi connectivity index (χ0n) is 19.1. The second kappa shape index (κ2) is 10.6. The van der Waals surface area contributed by atoms with E-state index < -0.39 is 0 Å². The van der Waals surface area contributed by atoms with E-state index in [1.807, 2.05) is 67.6 Å². The number of nitrogens with zero attached hydrogens (tertiary/aromatic N) is 3. The van der Waals surface area contributed by atoms with Crippen molar-refractivity contribution < 1.29 is 18.7 Å². The summed E-state index contributed by atoms with van der Waals surface area (Å²) in [4.78, 5) is 27.2. The summed E-state index contributed by atoms with van der Waals surface area (Å²) in [7, 11) is 1.54. The van der Waals surface area contributed by atoms with Gasteiger partial charge in [-0.2, -0.15) is 5.10 Å². The Balaban J connectivity index is 1.59. The van der Waals surface area contributed by atoms with Gasteiger partial charge in [0.2, 0.25) is 5.91 Å². The summed E-state index contributed by atoms with van der Waals surface area (Å²) in [5.41, 5.74) is 3.58. The summed E-state index contributed by atoms with van der Waals surface area (Å²) in [6.07, 6.45) is 1.42. The minimum Gasteiger partial charge on any atom is -0.459 e. The summed E-state index contributed by atoms with van der Waals surface area (Å²) in [6, 6.07) is 22.6. The fraction of sp³-hybridized carbons (Fsp3) is 0.192. The molecule has 4 rings (SSSR count). The van der Waals surface area contributed by atoms with Crippen molar-refractivity contribution in [2.75, 3.05) is 32.1 Å². The van der Waals surface area contributed by atoms with Crippen LogP contribution >= 0.6 is 0 Å². The fourth-order valence-electron chi connectivity index (χ4n) is 3.47. The maximum Gasteiger partial charge on any atom is 0.290 e. The molecule has 0 aliphatic carbocycles. The number of carbonyl (C=O) groups excluding carboxylic acids is 2. The molecule has 2 aromatic carbocycles. The molecule has 174 valence electrons. The number of carbonyl (C=O) groups is 2. The Morgan fingerprint density at radius 3 is 2.50 bits per heavy atom. The van der Waals surface area contributed by atoms with Crippen molar-refractivity contribution >= 4 is 17.6 Å². The number of furan rings is 1. The maximum absolute atomic E-state index is 13.0. The molecule has 2 amide bonds. The lowest BCUT2D eigenvalue weighted by atomic mass is 10.1. The topological polar surface area (TPSA) is 89.6 Å². The molecule has 8 heteroatoms. The summed E-state index contributed by atoms with van der Waals surface area (Å²) in [6.45, 7) is 2.38. The second-order valence-electron chi connectivity index (χ2n) is 7.77. The van der Waals surface area contributed by atoms with Gasteiger partial charge in [0.15, 0.2) is 5.76 Å². The number of rotatable bonds is 9. The lowest BCUT2D eigenvalue weighted by Crippen LogP contribution is -2.40. The van der Waals surface area contributed by atoms with Crippen molar-refractivity contribution in [3.05, 3.63) is 90.4 Å². The Kier molecular flexibility index (Phi) is 7.19. The minimum absolute atomic E-state index is 0.164. The minimum atomic E-state index is -0.380. The number of ether oxygens (including phenoxy) is 1. The first-order valence-corrected chi connectivity index (χ1v) is 10.9. The Bertz CT molecular complexity index is 1230. The van der Waals surface area contributed by atoms with Crippen molar-refractivity contribution in [3.63, 3.8) is 0 Å². The Morgan fingerprint density at radius 2 is 1.82 bits per heavy atom. The molecular weight excluding hydrogens is 432 g/mol. The van der Waals surface area contributed by atoms with Gasteiger partial charge in [-0.15, -0.1) is 0 Å². The van der Waals surface area contributed by atoms with E-state index in [1.165, 1.54) is 11.2 Å². The first-order chi connectivity index (χ1) is 16.5. The Labute approximate surface area is 197 Å². The number of benzene rings is 2. The summed E-state index contributed by atoms with van der Waals surface area (Å²) >= 11 is 0. The van der Waals surface area contributed by atoms with Crippen molar-refractivity contribution in [2.45, 2.75) is 6.92 Å². The van der Waals surface area contributed by atoms with E-state index >= 15 is 0 Å². The van der Waals surface area contributed by atoms with Crippen LogP contribution in [0.25, 0.3) is 16.9 Å². The quantitative estimate of drug-likeness (QED) is 0.407. The highest BCUT2D eigenvalue weighted by Gasteiger charge is 2.22. The molecule has 0 spiro atoms. The zero-order valence-corrected chi connectivity index (χ0v) is 19.1. The highest BCUT2D eigenvalue weighted by molar-refractivity contribution is 5.98. The van der Waals surface area contributed by atoms with E-state index in [2.05, 4.69) is 5.32 Å². The van der Waals surface area contributed by atoms with Gasteiger partial charge in [0.05, 0.1) is 24.3 Å². The van der Waals surface area contributed by atoms with Crippen molar-refractivity contribution in [3.8, 4) is 16.9 Å². The molecule has 0 aliphatic rings. The van der Waals surface area contributed by atoms with Gasteiger partial charge in [0.25, 0.3) is 5.91 Å². The van der Waals surface area contributed by atoms with Crippen molar-refractivity contribution in [1.29, 1.82) is 0 Å². The summed E-state index contributed by atoms with van der Waals surface area (Å²) in [5.74, 6) is -0.0668. The lowest BCUT2D eigenvalue weighted by Gasteiger charge is -2.21. The summed E-state index contributed by atoms with van der Waals surface area (Å²) in [5, 5.41) is 7.64. The third-order valence-electron chi connectivity index (χ3n) is 5.24. The standard InChI is InChI=1S/C26H26N4O4/c1-19-10-12-21(13-11-19)30-24(17-22(28-30)20-7-4-3-5-8-20)27-25(31)18-29(14-16-33-2)26(32)23-9-6-15-34-23/h3-13,15,17H,14,16,18H2,1-2H3,(H,27,31). The van der Waals surface area contributed by atoms with Crippen LogP contribution in [0.2, 0.25) is 0 Å². The van der Waals surface area contributed by atoms with Gasteiger partial charge >= 0.3 is 0 Å². The molecule has 0 saturated carbocycles. The largest absolute Gasteiger partial charge is 0.459 e. The van der Waals surface area contributed by atoms with Gasteiger partial charge in [-0.25, -0.2) is 4.68 Å². The number of amides is 2. The number of anilines is 1. The van der Waals surface area contributed by atoms with E-state index in [9.17, 15) is 9.59 Å². The normalized spacial score (nSPS) is 10.8. The molecular formula is C26H26N4O4. The number of hydrogen-bond acceptors (Lipinski definition) is 5. The van der Waals surface area contributed by atoms with E-state index in [4.69, 9.17) is 14.3 Å². The average molecular weight is 459 g/mol. The van der Waals surface area contributed by atoms with Gasteiger partial charge < -0.3 is 19.4 Å². The third kappa shape index (κ3) is 5.41. The SMILES string of the molecule is COCCN(CC(=O)Nc1cc(-c2ccccc2)nn1-c1ccc(C)cc1)C(=O)c1ccco1. The molecule has 0 unspecified atom stereocenters. The number of aryl methyl sites for hydroxylation is 1. The second-order valence-corrected chi connectivity index (χ2v) is 7.77. The molecule has 2 heterocycles. The molecule has 8 nitrogen and oxygen atoms in total. The fourth-order valence-corrected chi connectivity index (χ4v) is 3.47. The van der Waals surface area contributed by atoms with Crippen LogP contribution in [0.5, 0.6) is 0 Å². The van der Waals surface area contributed by atoms with E-state index in [-0.39, 0.29) is 30.7 Å². The molecule has 2 aromatic heterocycles. The maximum atomic E-state index is 13.0.